The first-order valence-corrected chi connectivity index (χ1v) is 7.58. The third-order valence-electron chi connectivity index (χ3n) is 3.83. The van der Waals surface area contributed by atoms with E-state index in [1.807, 2.05) is 30.3 Å². The fourth-order valence-electron chi connectivity index (χ4n) is 2.65. The molecule has 0 spiro atoms. The number of benzene rings is 1. The molecule has 1 N–H and O–H groups in total. The molecule has 1 aliphatic rings. The molecule has 1 fully saturated rings. The Morgan fingerprint density at radius 2 is 2.19 bits per heavy atom. The van der Waals surface area contributed by atoms with Gasteiger partial charge in [-0.05, 0) is 19.9 Å². The Morgan fingerprint density at radius 3 is 2.95 bits per heavy atom. The Kier molecular flexibility index (Phi) is 4.62. The number of hydrogen-bond donors (Lipinski definition) is 1. The van der Waals surface area contributed by atoms with E-state index in [4.69, 9.17) is 4.74 Å². The molecule has 2 aromatic rings. The molecule has 1 atom stereocenters. The van der Waals surface area contributed by atoms with Crippen molar-refractivity contribution < 1.29 is 4.74 Å². The molecule has 0 bridgehead atoms. The van der Waals surface area contributed by atoms with Crippen molar-refractivity contribution >= 4 is 0 Å². The van der Waals surface area contributed by atoms with Gasteiger partial charge >= 0.3 is 0 Å². The van der Waals surface area contributed by atoms with Crippen molar-refractivity contribution in [3.05, 3.63) is 36.2 Å². The number of hydrogen-bond acceptors (Lipinski definition) is 4. The third-order valence-corrected chi connectivity index (χ3v) is 3.83. The largest absolute Gasteiger partial charge is 0.377 e. The molecule has 2 heterocycles. The number of ether oxygens (including phenoxy) is 1. The summed E-state index contributed by atoms with van der Waals surface area (Å²) in [6.07, 6.45) is 3.67. The van der Waals surface area contributed by atoms with Crippen molar-refractivity contribution in [1.29, 1.82) is 0 Å². The maximum Gasteiger partial charge on any atom is 0.181 e. The maximum atomic E-state index is 5.66. The monoisotopic (exact) mass is 286 g/mol. The Bertz CT molecular complexity index is 548. The van der Waals surface area contributed by atoms with Gasteiger partial charge in [-0.2, -0.15) is 5.10 Å². The van der Waals surface area contributed by atoms with Gasteiger partial charge in [0.2, 0.25) is 0 Å². The highest BCUT2D eigenvalue weighted by atomic mass is 16.5. The molecule has 3 rings (SSSR count). The second kappa shape index (κ2) is 6.83. The number of H-pyrrole nitrogens is 1. The van der Waals surface area contributed by atoms with Crippen LogP contribution in [-0.2, 0) is 11.2 Å². The van der Waals surface area contributed by atoms with Crippen LogP contribution in [0.1, 0.15) is 18.7 Å². The summed E-state index contributed by atoms with van der Waals surface area (Å²) in [6.45, 7) is 2.88. The van der Waals surface area contributed by atoms with Gasteiger partial charge in [0.1, 0.15) is 5.82 Å². The summed E-state index contributed by atoms with van der Waals surface area (Å²) < 4.78 is 5.66. The van der Waals surface area contributed by atoms with Gasteiger partial charge in [0.25, 0.3) is 0 Å². The van der Waals surface area contributed by atoms with Crippen LogP contribution in [0.2, 0.25) is 0 Å². The van der Waals surface area contributed by atoms with Crippen LogP contribution in [0.5, 0.6) is 0 Å². The van der Waals surface area contributed by atoms with Crippen LogP contribution in [0.4, 0.5) is 0 Å². The van der Waals surface area contributed by atoms with E-state index >= 15 is 0 Å². The van der Waals surface area contributed by atoms with Crippen LogP contribution in [-0.4, -0.2) is 52.9 Å². The summed E-state index contributed by atoms with van der Waals surface area (Å²) in [4.78, 5) is 6.87. The van der Waals surface area contributed by atoms with Crippen LogP contribution in [0, 0.1) is 0 Å². The quantitative estimate of drug-likeness (QED) is 0.884. The van der Waals surface area contributed by atoms with Crippen LogP contribution < -0.4 is 0 Å². The van der Waals surface area contributed by atoms with Gasteiger partial charge in [-0.25, -0.2) is 4.98 Å². The topological polar surface area (TPSA) is 54.0 Å². The number of aromatic amines is 1. The molecular weight excluding hydrogens is 264 g/mol. The lowest BCUT2D eigenvalue weighted by Gasteiger charge is -2.19. The van der Waals surface area contributed by atoms with E-state index in [2.05, 4.69) is 27.1 Å². The minimum atomic E-state index is 0.407. The van der Waals surface area contributed by atoms with Crippen molar-refractivity contribution in [3.8, 4) is 11.4 Å². The van der Waals surface area contributed by atoms with Gasteiger partial charge in [0.05, 0.1) is 6.10 Å². The van der Waals surface area contributed by atoms with Gasteiger partial charge in [0.15, 0.2) is 5.82 Å². The fraction of sp³-hybridized carbons (Fsp3) is 0.500. The molecule has 0 radical (unpaired) electrons. The van der Waals surface area contributed by atoms with Crippen molar-refractivity contribution in [2.75, 3.05) is 26.7 Å². The molecular formula is C16H22N4O. The summed E-state index contributed by atoms with van der Waals surface area (Å²) >= 11 is 0. The summed E-state index contributed by atoms with van der Waals surface area (Å²) in [5.74, 6) is 1.71. The molecule has 1 aliphatic heterocycles. The van der Waals surface area contributed by atoms with E-state index in [-0.39, 0.29) is 0 Å². The highest BCUT2D eigenvalue weighted by Crippen LogP contribution is 2.14. The first kappa shape index (κ1) is 14.2. The SMILES string of the molecule is CN(CCc1nc(-c2ccccc2)n[nH]1)CC1CCCO1. The zero-order valence-electron chi connectivity index (χ0n) is 12.5. The minimum absolute atomic E-state index is 0.407. The van der Waals surface area contributed by atoms with E-state index in [1.54, 1.807) is 0 Å². The van der Waals surface area contributed by atoms with Crippen molar-refractivity contribution in [1.82, 2.24) is 20.1 Å². The Labute approximate surface area is 125 Å². The lowest BCUT2D eigenvalue weighted by atomic mass is 10.2. The molecule has 1 aromatic carbocycles. The van der Waals surface area contributed by atoms with Crippen LogP contribution in [0.15, 0.2) is 30.3 Å². The predicted octanol–water partition coefficient (Wildman–Crippen LogP) is 2.12. The van der Waals surface area contributed by atoms with Gasteiger partial charge in [-0.1, -0.05) is 30.3 Å². The second-order valence-corrected chi connectivity index (χ2v) is 5.62. The Hall–Kier alpha value is -1.72. The van der Waals surface area contributed by atoms with Crippen molar-refractivity contribution in [2.45, 2.75) is 25.4 Å². The van der Waals surface area contributed by atoms with Gasteiger partial charge in [0, 0.05) is 31.7 Å². The molecule has 0 saturated carbocycles. The van der Waals surface area contributed by atoms with E-state index in [0.717, 1.165) is 43.3 Å². The van der Waals surface area contributed by atoms with Crippen LogP contribution >= 0.6 is 0 Å². The molecule has 5 heteroatoms. The number of nitrogens with zero attached hydrogens (tertiary/aromatic N) is 3. The van der Waals surface area contributed by atoms with Gasteiger partial charge in [-0.15, -0.1) is 0 Å². The molecule has 21 heavy (non-hydrogen) atoms. The highest BCUT2D eigenvalue weighted by Gasteiger charge is 2.17. The molecule has 5 nitrogen and oxygen atoms in total. The average Bonchev–Trinajstić information content (AvgIpc) is 3.17. The fourth-order valence-corrected chi connectivity index (χ4v) is 2.65. The molecule has 0 amide bonds. The van der Waals surface area contributed by atoms with Crippen LogP contribution in [0.25, 0.3) is 11.4 Å². The molecule has 1 unspecified atom stereocenters. The van der Waals surface area contributed by atoms with E-state index < -0.39 is 0 Å². The number of rotatable bonds is 6. The molecule has 112 valence electrons. The molecule has 1 saturated heterocycles. The minimum Gasteiger partial charge on any atom is -0.377 e. The highest BCUT2D eigenvalue weighted by molar-refractivity contribution is 5.53. The van der Waals surface area contributed by atoms with Crippen LogP contribution in [0.3, 0.4) is 0 Å². The Morgan fingerprint density at radius 1 is 1.33 bits per heavy atom. The average molecular weight is 286 g/mol. The van der Waals surface area contributed by atoms with Crippen molar-refractivity contribution in [3.63, 3.8) is 0 Å². The smallest absolute Gasteiger partial charge is 0.181 e. The number of aromatic nitrogens is 3. The maximum absolute atomic E-state index is 5.66. The zero-order chi connectivity index (χ0) is 14.5. The normalized spacial score (nSPS) is 18.5. The first-order chi connectivity index (χ1) is 10.3. The number of nitrogens with one attached hydrogen (secondary N) is 1. The standard InChI is InChI=1S/C16H22N4O/c1-20(12-14-8-5-11-21-14)10-9-15-17-16(19-18-15)13-6-3-2-4-7-13/h2-4,6-7,14H,5,8-12H2,1H3,(H,17,18,19). The summed E-state index contributed by atoms with van der Waals surface area (Å²) in [5, 5.41) is 7.32. The number of likely N-dealkylation sites (N-methyl/N-ethyl adjacent to an activating group) is 1. The Balaban J connectivity index is 1.50. The lowest BCUT2D eigenvalue weighted by Crippen LogP contribution is -2.30. The third kappa shape index (κ3) is 3.89. The molecule has 1 aromatic heterocycles. The molecule has 0 aliphatic carbocycles. The van der Waals surface area contributed by atoms with Gasteiger partial charge in [-0.3, -0.25) is 5.10 Å². The van der Waals surface area contributed by atoms with Crippen molar-refractivity contribution in [2.24, 2.45) is 0 Å². The van der Waals surface area contributed by atoms with E-state index in [9.17, 15) is 0 Å². The summed E-state index contributed by atoms with van der Waals surface area (Å²) in [7, 11) is 2.14. The van der Waals surface area contributed by atoms with E-state index in [0.29, 0.717) is 6.10 Å². The summed E-state index contributed by atoms with van der Waals surface area (Å²) in [5.41, 5.74) is 1.05. The lowest BCUT2D eigenvalue weighted by molar-refractivity contribution is 0.0814. The second-order valence-electron chi connectivity index (χ2n) is 5.62. The zero-order valence-corrected chi connectivity index (χ0v) is 12.5. The summed E-state index contributed by atoms with van der Waals surface area (Å²) in [6, 6.07) is 10.0. The van der Waals surface area contributed by atoms with E-state index in [1.165, 1.54) is 12.8 Å². The first-order valence-electron chi connectivity index (χ1n) is 7.58. The van der Waals surface area contributed by atoms with Gasteiger partial charge < -0.3 is 9.64 Å². The predicted molar refractivity (Wildman–Crippen MR) is 82.0 cm³/mol.